The van der Waals surface area contributed by atoms with E-state index in [4.69, 9.17) is 4.74 Å². The molecule has 10 heteroatoms. The standard InChI is InChI=1S/C26H26FN3O5S/c27-20-8-6-19(7-9-20)25(31)29-24(16-18-4-2-1-3-5-18)26(32)28-21-10-12-23(13-11-21)36(33,34)30-22-14-15-35-17-22/h1-13,22,24,30H,14-17H2,(H,28,32)(H,29,31)/t22-,24?/m1/s1. The average molecular weight is 512 g/mol. The second kappa shape index (κ2) is 11.4. The van der Waals surface area contributed by atoms with Crippen LogP contribution in [0.4, 0.5) is 10.1 Å². The molecule has 0 radical (unpaired) electrons. The minimum atomic E-state index is -3.72. The lowest BCUT2D eigenvalue weighted by atomic mass is 10.0. The summed E-state index contributed by atoms with van der Waals surface area (Å²) in [5.41, 5.74) is 1.43. The van der Waals surface area contributed by atoms with E-state index in [1.165, 1.54) is 48.5 Å². The van der Waals surface area contributed by atoms with Gasteiger partial charge < -0.3 is 15.4 Å². The Morgan fingerprint density at radius 1 is 0.972 bits per heavy atom. The quantitative estimate of drug-likeness (QED) is 0.409. The van der Waals surface area contributed by atoms with E-state index in [1.807, 2.05) is 30.3 Å². The van der Waals surface area contributed by atoms with Crippen molar-refractivity contribution in [2.24, 2.45) is 0 Å². The molecule has 8 nitrogen and oxygen atoms in total. The molecule has 1 fully saturated rings. The summed E-state index contributed by atoms with van der Waals surface area (Å²) in [5.74, 6) is -1.47. The second-order valence-electron chi connectivity index (χ2n) is 8.42. The molecule has 3 N–H and O–H groups in total. The van der Waals surface area contributed by atoms with Crippen LogP contribution in [0.25, 0.3) is 0 Å². The molecule has 1 heterocycles. The van der Waals surface area contributed by atoms with E-state index >= 15 is 0 Å². The number of hydrogen-bond donors (Lipinski definition) is 3. The van der Waals surface area contributed by atoms with E-state index in [1.54, 1.807) is 0 Å². The van der Waals surface area contributed by atoms with E-state index in [2.05, 4.69) is 15.4 Å². The minimum Gasteiger partial charge on any atom is -0.380 e. The first-order valence-electron chi connectivity index (χ1n) is 11.4. The summed E-state index contributed by atoms with van der Waals surface area (Å²) in [5, 5.41) is 5.44. The van der Waals surface area contributed by atoms with Gasteiger partial charge in [0.25, 0.3) is 5.91 Å². The van der Waals surface area contributed by atoms with Crippen LogP contribution in [0, 0.1) is 5.82 Å². The highest BCUT2D eigenvalue weighted by atomic mass is 32.2. The van der Waals surface area contributed by atoms with Crippen molar-refractivity contribution in [1.82, 2.24) is 10.0 Å². The number of sulfonamides is 1. The monoisotopic (exact) mass is 511 g/mol. The zero-order valence-corrected chi connectivity index (χ0v) is 20.1. The van der Waals surface area contributed by atoms with Crippen molar-refractivity contribution in [3.8, 4) is 0 Å². The molecule has 3 aromatic carbocycles. The fourth-order valence-corrected chi connectivity index (χ4v) is 5.02. The van der Waals surface area contributed by atoms with Crippen LogP contribution in [0.1, 0.15) is 22.3 Å². The first kappa shape index (κ1) is 25.5. The predicted molar refractivity (Wildman–Crippen MR) is 132 cm³/mol. The predicted octanol–water partition coefficient (Wildman–Crippen LogP) is 2.87. The first-order valence-corrected chi connectivity index (χ1v) is 12.9. The molecule has 1 saturated heterocycles. The van der Waals surface area contributed by atoms with E-state index in [0.717, 1.165) is 5.56 Å². The van der Waals surface area contributed by atoms with E-state index in [9.17, 15) is 22.4 Å². The van der Waals surface area contributed by atoms with Gasteiger partial charge in [0.05, 0.1) is 11.5 Å². The van der Waals surface area contributed by atoms with Gasteiger partial charge in [0, 0.05) is 30.3 Å². The molecule has 2 atom stereocenters. The molecular formula is C26H26FN3O5S. The Morgan fingerprint density at radius 3 is 2.31 bits per heavy atom. The molecule has 188 valence electrons. The number of amides is 2. The van der Waals surface area contributed by atoms with Gasteiger partial charge >= 0.3 is 0 Å². The Labute approximate surface area is 208 Å². The first-order chi connectivity index (χ1) is 17.3. The van der Waals surface area contributed by atoms with Crippen molar-refractivity contribution in [2.75, 3.05) is 18.5 Å². The van der Waals surface area contributed by atoms with Crippen LogP contribution in [0.3, 0.4) is 0 Å². The number of carbonyl (C=O) groups is 2. The summed E-state index contributed by atoms with van der Waals surface area (Å²) in [4.78, 5) is 25.9. The number of carbonyl (C=O) groups excluding carboxylic acids is 2. The molecule has 0 aromatic heterocycles. The molecule has 0 aliphatic carbocycles. The highest BCUT2D eigenvalue weighted by molar-refractivity contribution is 7.89. The van der Waals surface area contributed by atoms with Crippen LogP contribution in [-0.2, 0) is 26.0 Å². The van der Waals surface area contributed by atoms with Gasteiger partial charge in [-0.1, -0.05) is 30.3 Å². The normalized spacial score (nSPS) is 16.3. The zero-order valence-electron chi connectivity index (χ0n) is 19.3. The van der Waals surface area contributed by atoms with Gasteiger partial charge in [-0.15, -0.1) is 0 Å². The maximum atomic E-state index is 13.2. The lowest BCUT2D eigenvalue weighted by molar-refractivity contribution is -0.118. The Morgan fingerprint density at radius 2 is 1.67 bits per heavy atom. The molecule has 1 aliphatic heterocycles. The van der Waals surface area contributed by atoms with Crippen molar-refractivity contribution >= 4 is 27.5 Å². The number of hydrogen-bond acceptors (Lipinski definition) is 5. The second-order valence-corrected chi connectivity index (χ2v) is 10.1. The molecule has 1 unspecified atom stereocenters. The van der Waals surface area contributed by atoms with Gasteiger partial charge in [0.2, 0.25) is 15.9 Å². The maximum absolute atomic E-state index is 13.2. The number of anilines is 1. The summed E-state index contributed by atoms with van der Waals surface area (Å²) >= 11 is 0. The topological polar surface area (TPSA) is 114 Å². The Hall–Kier alpha value is -3.60. The van der Waals surface area contributed by atoms with Crippen LogP contribution in [0.15, 0.2) is 83.8 Å². The number of halogens is 1. The van der Waals surface area contributed by atoms with Crippen LogP contribution >= 0.6 is 0 Å². The van der Waals surface area contributed by atoms with Gasteiger partial charge in [-0.3, -0.25) is 9.59 Å². The summed E-state index contributed by atoms with van der Waals surface area (Å²) in [6.45, 7) is 0.847. The van der Waals surface area contributed by atoms with Gasteiger partial charge in [-0.2, -0.15) is 0 Å². The van der Waals surface area contributed by atoms with E-state index < -0.39 is 33.7 Å². The Balaban J connectivity index is 1.46. The van der Waals surface area contributed by atoms with E-state index in [-0.39, 0.29) is 22.9 Å². The third kappa shape index (κ3) is 6.75. The minimum absolute atomic E-state index is 0.0675. The third-order valence-electron chi connectivity index (χ3n) is 5.69. The zero-order chi connectivity index (χ0) is 25.5. The van der Waals surface area contributed by atoms with Crippen molar-refractivity contribution in [3.05, 3.63) is 95.8 Å². The smallest absolute Gasteiger partial charge is 0.251 e. The van der Waals surface area contributed by atoms with Crippen molar-refractivity contribution in [3.63, 3.8) is 0 Å². The Kier molecular flexibility index (Phi) is 8.09. The molecule has 3 aromatic rings. The van der Waals surface area contributed by atoms with Gasteiger partial charge in [-0.05, 0) is 60.5 Å². The van der Waals surface area contributed by atoms with Gasteiger partial charge in [0.15, 0.2) is 0 Å². The molecule has 0 saturated carbocycles. The van der Waals surface area contributed by atoms with Crippen LogP contribution in [0.5, 0.6) is 0 Å². The highest BCUT2D eigenvalue weighted by Crippen LogP contribution is 2.17. The largest absolute Gasteiger partial charge is 0.380 e. The lowest BCUT2D eigenvalue weighted by Gasteiger charge is -2.19. The van der Waals surface area contributed by atoms with Gasteiger partial charge in [0.1, 0.15) is 11.9 Å². The molecule has 0 spiro atoms. The van der Waals surface area contributed by atoms with E-state index in [0.29, 0.717) is 25.3 Å². The average Bonchev–Trinajstić information content (AvgIpc) is 3.37. The number of nitrogens with one attached hydrogen (secondary N) is 3. The van der Waals surface area contributed by atoms with Crippen molar-refractivity contribution in [2.45, 2.75) is 29.8 Å². The fourth-order valence-electron chi connectivity index (χ4n) is 3.76. The maximum Gasteiger partial charge on any atom is 0.251 e. The van der Waals surface area contributed by atoms with Crippen molar-refractivity contribution in [1.29, 1.82) is 0 Å². The summed E-state index contributed by atoms with van der Waals surface area (Å²) in [7, 11) is -3.72. The fraction of sp³-hybridized carbons (Fsp3) is 0.231. The molecule has 4 rings (SSSR count). The number of benzene rings is 3. The Bertz CT molecular complexity index is 1290. The molecular weight excluding hydrogens is 485 g/mol. The molecule has 1 aliphatic rings. The molecule has 36 heavy (non-hydrogen) atoms. The summed E-state index contributed by atoms with van der Waals surface area (Å²) in [6.07, 6.45) is 0.833. The SMILES string of the molecule is O=C(NC(Cc1ccccc1)C(=O)Nc1ccc(S(=O)(=O)N[C@@H]2CCOC2)cc1)c1ccc(F)cc1. The number of ether oxygens (including phenoxy) is 1. The van der Waals surface area contributed by atoms with Crippen LogP contribution < -0.4 is 15.4 Å². The molecule has 0 bridgehead atoms. The van der Waals surface area contributed by atoms with Crippen LogP contribution in [-0.4, -0.2) is 45.5 Å². The third-order valence-corrected chi connectivity index (χ3v) is 7.23. The van der Waals surface area contributed by atoms with Gasteiger partial charge in [-0.25, -0.2) is 17.5 Å². The summed E-state index contributed by atoms with van der Waals surface area (Å²) < 4.78 is 46.2. The highest BCUT2D eigenvalue weighted by Gasteiger charge is 2.25. The summed E-state index contributed by atoms with van der Waals surface area (Å²) in [6, 6.07) is 18.8. The van der Waals surface area contributed by atoms with Crippen LogP contribution in [0.2, 0.25) is 0 Å². The lowest BCUT2D eigenvalue weighted by Crippen LogP contribution is -2.45. The molecule has 2 amide bonds. The van der Waals surface area contributed by atoms with Crippen molar-refractivity contribution < 1.29 is 27.1 Å². The number of rotatable bonds is 9.